The van der Waals surface area contributed by atoms with Gasteiger partial charge in [0.2, 0.25) is 0 Å². The standard InChI is InChI=1S/C24H35NO11/c1-14(2)12-32-22(29)34-18-9-8-17(10-19(18)35-23(30)33-13-15(3)4)11-24(20(26)27,25-16(5)6)36-21(28)31-7/h8-10,14-16,25H,11-13H2,1-7H3,(H,26,27)/t24-/m0/s1. The molecule has 0 spiro atoms. The highest BCUT2D eigenvalue weighted by atomic mass is 16.8. The molecule has 36 heavy (non-hydrogen) atoms. The van der Waals surface area contributed by atoms with E-state index in [9.17, 15) is 24.3 Å². The van der Waals surface area contributed by atoms with E-state index in [1.165, 1.54) is 18.2 Å². The van der Waals surface area contributed by atoms with Gasteiger partial charge in [-0.25, -0.2) is 19.2 Å². The zero-order valence-corrected chi connectivity index (χ0v) is 21.6. The Hall–Kier alpha value is -3.54. The summed E-state index contributed by atoms with van der Waals surface area (Å²) in [6.07, 6.45) is -3.69. The second kappa shape index (κ2) is 14.1. The van der Waals surface area contributed by atoms with Crippen molar-refractivity contribution in [2.75, 3.05) is 20.3 Å². The molecular weight excluding hydrogens is 478 g/mol. The second-order valence-corrected chi connectivity index (χ2v) is 9.06. The van der Waals surface area contributed by atoms with Gasteiger partial charge >= 0.3 is 24.4 Å². The summed E-state index contributed by atoms with van der Waals surface area (Å²) < 4.78 is 30.0. The third kappa shape index (κ3) is 10.4. The van der Waals surface area contributed by atoms with E-state index < -0.39 is 42.6 Å². The SMILES string of the molecule is COC(=O)O[C@](Cc1ccc(OC(=O)OCC(C)C)c(OC(=O)OCC(C)C)c1)(NC(C)C)C(=O)O. The maximum atomic E-state index is 12.2. The first-order chi connectivity index (χ1) is 16.8. The lowest BCUT2D eigenvalue weighted by atomic mass is 10.0. The molecule has 1 aromatic rings. The minimum Gasteiger partial charge on any atom is -0.477 e. The fourth-order valence-corrected chi connectivity index (χ4v) is 2.77. The maximum Gasteiger partial charge on any atom is 0.513 e. The van der Waals surface area contributed by atoms with Crippen molar-refractivity contribution < 1.29 is 52.7 Å². The number of hydrogen-bond donors (Lipinski definition) is 2. The normalized spacial score (nSPS) is 12.6. The summed E-state index contributed by atoms with van der Waals surface area (Å²) in [5.74, 6) is -1.78. The highest BCUT2D eigenvalue weighted by Crippen LogP contribution is 2.31. The number of benzene rings is 1. The van der Waals surface area contributed by atoms with E-state index in [-0.39, 0.29) is 42.1 Å². The van der Waals surface area contributed by atoms with Crippen LogP contribution in [0.3, 0.4) is 0 Å². The number of ether oxygens (including phenoxy) is 6. The smallest absolute Gasteiger partial charge is 0.477 e. The average Bonchev–Trinajstić information content (AvgIpc) is 2.77. The molecule has 2 N–H and O–H groups in total. The van der Waals surface area contributed by atoms with E-state index in [0.717, 1.165) is 7.11 Å². The zero-order chi connectivity index (χ0) is 27.5. The number of nitrogens with one attached hydrogen (secondary N) is 1. The van der Waals surface area contributed by atoms with E-state index in [1.54, 1.807) is 13.8 Å². The van der Waals surface area contributed by atoms with Crippen molar-refractivity contribution in [1.29, 1.82) is 0 Å². The molecule has 0 amide bonds. The Balaban J connectivity index is 3.34. The van der Waals surface area contributed by atoms with Gasteiger partial charge in [0, 0.05) is 12.5 Å². The minimum atomic E-state index is -2.21. The Bertz CT molecular complexity index is 913. The van der Waals surface area contributed by atoms with Crippen molar-refractivity contribution in [1.82, 2.24) is 5.32 Å². The molecule has 1 rings (SSSR count). The number of carboxylic acid groups (broad SMARTS) is 1. The van der Waals surface area contributed by atoms with Crippen molar-refractivity contribution in [2.45, 2.75) is 59.7 Å². The molecule has 0 heterocycles. The zero-order valence-electron chi connectivity index (χ0n) is 21.6. The first-order valence-electron chi connectivity index (χ1n) is 11.4. The highest BCUT2D eigenvalue weighted by Gasteiger charge is 2.44. The fraction of sp³-hybridized carbons (Fsp3) is 0.583. The molecular formula is C24H35NO11. The summed E-state index contributed by atoms with van der Waals surface area (Å²) in [5.41, 5.74) is -1.96. The molecule has 0 radical (unpaired) electrons. The van der Waals surface area contributed by atoms with Crippen LogP contribution in [0.5, 0.6) is 11.5 Å². The number of carbonyl (C=O) groups is 4. The monoisotopic (exact) mass is 513 g/mol. The summed E-state index contributed by atoms with van der Waals surface area (Å²) >= 11 is 0. The summed E-state index contributed by atoms with van der Waals surface area (Å²) in [6.45, 7) is 10.9. The van der Waals surface area contributed by atoms with Gasteiger partial charge in [-0.15, -0.1) is 0 Å². The number of rotatable bonds is 12. The Morgan fingerprint density at radius 1 is 0.861 bits per heavy atom. The Labute approximate surface area is 210 Å². The molecule has 1 aromatic carbocycles. The van der Waals surface area contributed by atoms with E-state index >= 15 is 0 Å². The maximum absolute atomic E-state index is 12.2. The highest BCUT2D eigenvalue weighted by molar-refractivity contribution is 5.80. The van der Waals surface area contributed by atoms with Crippen molar-refractivity contribution in [2.24, 2.45) is 11.8 Å². The molecule has 0 aromatic heterocycles. The van der Waals surface area contributed by atoms with Crippen LogP contribution in [0.1, 0.15) is 47.1 Å². The van der Waals surface area contributed by atoms with Crippen molar-refractivity contribution in [3.8, 4) is 11.5 Å². The quantitative estimate of drug-likeness (QED) is 0.178. The van der Waals surface area contributed by atoms with E-state index in [0.29, 0.717) is 0 Å². The van der Waals surface area contributed by atoms with Crippen LogP contribution in [0.4, 0.5) is 14.4 Å². The molecule has 12 heteroatoms. The van der Waals surface area contributed by atoms with Gasteiger partial charge < -0.3 is 33.5 Å². The Kier molecular flexibility index (Phi) is 12.0. The molecule has 0 unspecified atom stereocenters. The van der Waals surface area contributed by atoms with Gasteiger partial charge in [0.05, 0.1) is 20.3 Å². The topological polar surface area (TPSA) is 156 Å². The molecule has 0 saturated heterocycles. The lowest BCUT2D eigenvalue weighted by molar-refractivity contribution is -0.166. The number of carboxylic acids is 1. The predicted molar refractivity (Wildman–Crippen MR) is 126 cm³/mol. The van der Waals surface area contributed by atoms with Crippen LogP contribution < -0.4 is 14.8 Å². The van der Waals surface area contributed by atoms with Gasteiger partial charge in [0.25, 0.3) is 5.72 Å². The minimum absolute atomic E-state index is 0.0411. The third-order valence-electron chi connectivity index (χ3n) is 4.21. The lowest BCUT2D eigenvalue weighted by Gasteiger charge is -2.31. The van der Waals surface area contributed by atoms with Crippen molar-refractivity contribution >= 4 is 24.4 Å². The predicted octanol–water partition coefficient (Wildman–Crippen LogP) is 4.13. The Morgan fingerprint density at radius 3 is 1.83 bits per heavy atom. The first kappa shape index (κ1) is 30.5. The second-order valence-electron chi connectivity index (χ2n) is 9.06. The van der Waals surface area contributed by atoms with Crippen LogP contribution in [-0.4, -0.2) is 61.6 Å². The lowest BCUT2D eigenvalue weighted by Crippen LogP contribution is -2.59. The van der Waals surface area contributed by atoms with Crippen molar-refractivity contribution in [3.63, 3.8) is 0 Å². The van der Waals surface area contributed by atoms with Crippen molar-refractivity contribution in [3.05, 3.63) is 23.8 Å². The summed E-state index contributed by atoms with van der Waals surface area (Å²) in [7, 11) is 1.05. The van der Waals surface area contributed by atoms with Gasteiger partial charge in [0.1, 0.15) is 0 Å². The van der Waals surface area contributed by atoms with Gasteiger partial charge in [-0.05, 0) is 43.4 Å². The van der Waals surface area contributed by atoms with Gasteiger partial charge in [-0.1, -0.05) is 33.8 Å². The van der Waals surface area contributed by atoms with Gasteiger partial charge in [0.15, 0.2) is 11.5 Å². The molecule has 12 nitrogen and oxygen atoms in total. The summed E-state index contributed by atoms with van der Waals surface area (Å²) in [5, 5.41) is 12.6. The van der Waals surface area contributed by atoms with E-state index in [1.807, 2.05) is 27.7 Å². The number of hydrogen-bond acceptors (Lipinski definition) is 11. The third-order valence-corrected chi connectivity index (χ3v) is 4.21. The largest absolute Gasteiger partial charge is 0.513 e. The molecule has 0 aliphatic rings. The molecule has 1 atom stereocenters. The number of methoxy groups -OCH3 is 1. The average molecular weight is 514 g/mol. The molecule has 0 fully saturated rings. The first-order valence-corrected chi connectivity index (χ1v) is 11.4. The Morgan fingerprint density at radius 2 is 1.39 bits per heavy atom. The van der Waals surface area contributed by atoms with Crippen LogP contribution >= 0.6 is 0 Å². The van der Waals surface area contributed by atoms with Crippen LogP contribution in [-0.2, 0) is 30.2 Å². The molecule has 0 aliphatic carbocycles. The van der Waals surface area contributed by atoms with Crippen LogP contribution in [0, 0.1) is 11.8 Å². The summed E-state index contributed by atoms with van der Waals surface area (Å²) in [6, 6.07) is 3.56. The van der Waals surface area contributed by atoms with Crippen LogP contribution in [0.2, 0.25) is 0 Å². The number of aliphatic carboxylic acids is 1. The fourth-order valence-electron chi connectivity index (χ4n) is 2.77. The van der Waals surface area contributed by atoms with E-state index in [2.05, 4.69) is 10.1 Å². The summed E-state index contributed by atoms with van der Waals surface area (Å²) in [4.78, 5) is 48.3. The molecule has 0 bridgehead atoms. The van der Waals surface area contributed by atoms with Gasteiger partial charge in [-0.3, -0.25) is 5.32 Å². The molecule has 202 valence electrons. The molecule has 0 aliphatic heterocycles. The van der Waals surface area contributed by atoms with Gasteiger partial charge in [-0.2, -0.15) is 0 Å². The van der Waals surface area contributed by atoms with Crippen LogP contribution in [0.15, 0.2) is 18.2 Å². The van der Waals surface area contributed by atoms with Crippen LogP contribution in [0.25, 0.3) is 0 Å². The molecule has 0 saturated carbocycles. The van der Waals surface area contributed by atoms with E-state index in [4.69, 9.17) is 23.7 Å². The number of carbonyl (C=O) groups excluding carboxylic acids is 3.